The molecule has 1 saturated heterocycles. The summed E-state index contributed by atoms with van der Waals surface area (Å²) in [7, 11) is 1.63. The van der Waals surface area contributed by atoms with E-state index in [1.807, 2.05) is 6.07 Å². The van der Waals surface area contributed by atoms with Gasteiger partial charge in [0.05, 0.1) is 18.9 Å². The molecule has 4 nitrogen and oxygen atoms in total. The van der Waals surface area contributed by atoms with Gasteiger partial charge in [-0.2, -0.15) is 0 Å². The summed E-state index contributed by atoms with van der Waals surface area (Å²) in [5, 5.41) is 8.67. The summed E-state index contributed by atoms with van der Waals surface area (Å²) < 4.78 is 5.29. The predicted octanol–water partition coefficient (Wildman–Crippen LogP) is -0.216. The van der Waals surface area contributed by atoms with E-state index in [4.69, 9.17) is 10.1 Å². The highest BCUT2D eigenvalue weighted by Crippen LogP contribution is 2.34. The Labute approximate surface area is 101 Å². The summed E-state index contributed by atoms with van der Waals surface area (Å²) in [6, 6.07) is 5.48. The number of anilines is 1. The highest BCUT2D eigenvalue weighted by Gasteiger charge is 2.18. The first-order valence-corrected chi connectivity index (χ1v) is 5.13. The van der Waals surface area contributed by atoms with E-state index in [0.29, 0.717) is 5.69 Å². The average Bonchev–Trinajstić information content (AvgIpc) is 2.81. The topological polar surface area (TPSA) is 40.6 Å². The summed E-state index contributed by atoms with van der Waals surface area (Å²) in [4.78, 5) is 5.44. The second-order valence-corrected chi connectivity index (χ2v) is 3.65. The Morgan fingerprint density at radius 1 is 1.31 bits per heavy atom. The molecule has 0 aliphatic carbocycles. The summed E-state index contributed by atoms with van der Waals surface area (Å²) in [6.07, 6.45) is 2.46. The van der Waals surface area contributed by atoms with E-state index in [1.165, 1.54) is 12.8 Å². The SMILES string of the molecule is COc1cc([N+]#N)ccc1N1CCCC1.[Cl-]. The van der Waals surface area contributed by atoms with E-state index in [1.54, 1.807) is 19.2 Å². The van der Waals surface area contributed by atoms with Gasteiger partial charge in [-0.05, 0) is 18.9 Å². The Hall–Kier alpha value is -1.47. The first kappa shape index (κ1) is 12.6. The minimum Gasteiger partial charge on any atom is -1.00 e. The van der Waals surface area contributed by atoms with Gasteiger partial charge in [0.15, 0.2) is 4.98 Å². The maximum Gasteiger partial charge on any atom is 0.388 e. The Morgan fingerprint density at radius 3 is 2.56 bits per heavy atom. The number of hydrogen-bond acceptors (Lipinski definition) is 3. The summed E-state index contributed by atoms with van der Waals surface area (Å²) in [6.45, 7) is 2.15. The third-order valence-electron chi connectivity index (χ3n) is 2.73. The highest BCUT2D eigenvalue weighted by atomic mass is 35.5. The van der Waals surface area contributed by atoms with E-state index < -0.39 is 0 Å². The van der Waals surface area contributed by atoms with Crippen LogP contribution in [0, 0.1) is 5.39 Å². The summed E-state index contributed by atoms with van der Waals surface area (Å²) >= 11 is 0. The number of rotatable bonds is 2. The normalized spacial score (nSPS) is 14.1. The van der Waals surface area contributed by atoms with Gasteiger partial charge in [-0.25, -0.2) is 0 Å². The average molecular weight is 240 g/mol. The van der Waals surface area contributed by atoms with Crippen LogP contribution >= 0.6 is 0 Å². The highest BCUT2D eigenvalue weighted by molar-refractivity contribution is 5.65. The lowest BCUT2D eigenvalue weighted by Crippen LogP contribution is -3.00. The summed E-state index contributed by atoms with van der Waals surface area (Å²) in [5.74, 6) is 0.771. The first-order chi connectivity index (χ1) is 7.35. The third kappa shape index (κ3) is 2.37. The molecule has 16 heavy (non-hydrogen) atoms. The number of hydrogen-bond donors (Lipinski definition) is 0. The number of benzene rings is 1. The van der Waals surface area contributed by atoms with Gasteiger partial charge in [0.2, 0.25) is 5.39 Å². The number of nitrogens with zero attached hydrogens (tertiary/aromatic N) is 3. The molecule has 1 aliphatic heterocycles. The van der Waals surface area contributed by atoms with Crippen molar-refractivity contribution >= 4 is 11.4 Å². The van der Waals surface area contributed by atoms with Crippen LogP contribution in [0.5, 0.6) is 5.75 Å². The van der Waals surface area contributed by atoms with Gasteiger partial charge in [0.25, 0.3) is 0 Å². The van der Waals surface area contributed by atoms with Crippen LogP contribution in [-0.4, -0.2) is 20.2 Å². The van der Waals surface area contributed by atoms with Crippen LogP contribution < -0.4 is 22.0 Å². The van der Waals surface area contributed by atoms with Crippen LogP contribution in [0.4, 0.5) is 11.4 Å². The fraction of sp³-hybridized carbons (Fsp3) is 0.455. The monoisotopic (exact) mass is 239 g/mol. The van der Waals surface area contributed by atoms with Crippen LogP contribution in [0.15, 0.2) is 18.2 Å². The van der Waals surface area contributed by atoms with Crippen molar-refractivity contribution in [2.45, 2.75) is 12.8 Å². The zero-order valence-corrected chi connectivity index (χ0v) is 9.94. The lowest BCUT2D eigenvalue weighted by atomic mass is 10.2. The summed E-state index contributed by atoms with van der Waals surface area (Å²) in [5.41, 5.74) is 1.61. The van der Waals surface area contributed by atoms with Crippen molar-refractivity contribution in [1.29, 1.82) is 5.39 Å². The van der Waals surface area contributed by atoms with E-state index in [0.717, 1.165) is 24.5 Å². The van der Waals surface area contributed by atoms with Crippen molar-refractivity contribution < 1.29 is 17.1 Å². The molecule has 0 saturated carbocycles. The first-order valence-electron chi connectivity index (χ1n) is 5.13. The molecule has 1 aliphatic rings. The smallest absolute Gasteiger partial charge is 0.388 e. The second kappa shape index (κ2) is 5.57. The van der Waals surface area contributed by atoms with Crippen molar-refractivity contribution in [1.82, 2.24) is 0 Å². The molecule has 0 atom stereocenters. The zero-order chi connectivity index (χ0) is 10.7. The Morgan fingerprint density at radius 2 is 2.00 bits per heavy atom. The molecule has 1 aromatic rings. The second-order valence-electron chi connectivity index (χ2n) is 3.65. The van der Waals surface area contributed by atoms with Crippen molar-refractivity contribution in [3.05, 3.63) is 23.2 Å². The standard InChI is InChI=1S/C11H14N3O.ClH/c1-15-11-8-9(13-12)4-5-10(11)14-6-2-3-7-14;/h4-5,8H,2-3,6-7H2,1H3;1H/q+1;/p-1. The molecule has 0 aromatic heterocycles. The molecule has 5 heteroatoms. The van der Waals surface area contributed by atoms with Gasteiger partial charge in [0, 0.05) is 19.2 Å². The van der Waals surface area contributed by atoms with Crippen molar-refractivity contribution in [3.63, 3.8) is 0 Å². The maximum atomic E-state index is 8.67. The lowest BCUT2D eigenvalue weighted by Gasteiger charge is -2.19. The molecule has 0 bridgehead atoms. The molecule has 2 rings (SSSR count). The minimum absolute atomic E-state index is 0. The van der Waals surface area contributed by atoms with Gasteiger partial charge < -0.3 is 22.0 Å². The Balaban J connectivity index is 0.00000128. The molecule has 0 spiro atoms. The molecule has 86 valence electrons. The van der Waals surface area contributed by atoms with Crippen molar-refractivity contribution in [2.24, 2.45) is 0 Å². The molecule has 1 heterocycles. The van der Waals surface area contributed by atoms with Gasteiger partial charge in [-0.3, -0.25) is 0 Å². The fourth-order valence-corrected chi connectivity index (χ4v) is 1.95. The molecular weight excluding hydrogens is 226 g/mol. The van der Waals surface area contributed by atoms with Gasteiger partial charge in [-0.15, -0.1) is 0 Å². The van der Waals surface area contributed by atoms with Crippen molar-refractivity contribution in [3.8, 4) is 5.75 Å². The molecule has 0 radical (unpaired) electrons. The van der Waals surface area contributed by atoms with Gasteiger partial charge in [-0.1, -0.05) is 0 Å². The van der Waals surface area contributed by atoms with Crippen LogP contribution in [0.3, 0.4) is 0 Å². The number of halogens is 1. The Bertz CT molecular complexity index is 397. The number of methoxy groups -OCH3 is 1. The maximum absolute atomic E-state index is 8.67. The Kier molecular flexibility index (Phi) is 4.39. The van der Waals surface area contributed by atoms with Crippen LogP contribution in [0.1, 0.15) is 12.8 Å². The molecule has 0 amide bonds. The molecular formula is C11H14ClN3O. The number of diazo groups is 1. The molecule has 1 aromatic carbocycles. The molecule has 1 fully saturated rings. The van der Waals surface area contributed by atoms with Crippen LogP contribution in [-0.2, 0) is 0 Å². The van der Waals surface area contributed by atoms with Crippen LogP contribution in [0.25, 0.3) is 4.98 Å². The van der Waals surface area contributed by atoms with Gasteiger partial charge in [0.1, 0.15) is 5.75 Å². The number of ether oxygens (including phenoxy) is 1. The van der Waals surface area contributed by atoms with Crippen molar-refractivity contribution in [2.75, 3.05) is 25.1 Å². The van der Waals surface area contributed by atoms with Gasteiger partial charge >= 0.3 is 5.69 Å². The van der Waals surface area contributed by atoms with E-state index in [-0.39, 0.29) is 12.4 Å². The predicted molar refractivity (Wildman–Crippen MR) is 59.2 cm³/mol. The minimum atomic E-state index is 0. The largest absolute Gasteiger partial charge is 1.00 e. The van der Waals surface area contributed by atoms with Crippen LogP contribution in [0.2, 0.25) is 0 Å². The third-order valence-corrected chi connectivity index (χ3v) is 2.73. The fourth-order valence-electron chi connectivity index (χ4n) is 1.95. The zero-order valence-electron chi connectivity index (χ0n) is 9.19. The van der Waals surface area contributed by atoms with E-state index in [2.05, 4.69) is 9.88 Å². The van der Waals surface area contributed by atoms with E-state index >= 15 is 0 Å². The molecule has 0 N–H and O–H groups in total. The quantitative estimate of drug-likeness (QED) is 0.671. The molecule has 0 unspecified atom stereocenters. The van der Waals surface area contributed by atoms with E-state index in [9.17, 15) is 0 Å². The lowest BCUT2D eigenvalue weighted by molar-refractivity contribution is -0.00000357.